The molecular formula is C13H18ClNO2S. The van der Waals surface area contributed by atoms with Gasteiger partial charge in [0.1, 0.15) is 0 Å². The van der Waals surface area contributed by atoms with Crippen LogP contribution in [0.15, 0.2) is 24.3 Å². The van der Waals surface area contributed by atoms with Gasteiger partial charge in [0.25, 0.3) is 0 Å². The zero-order valence-corrected chi connectivity index (χ0v) is 12.0. The minimum Gasteiger partial charge on any atom is -0.306 e. The third-order valence-corrected chi connectivity index (χ3v) is 5.35. The second-order valence-electron chi connectivity index (χ2n) is 4.90. The van der Waals surface area contributed by atoms with Gasteiger partial charge in [-0.2, -0.15) is 0 Å². The molecule has 2 atom stereocenters. The fourth-order valence-electron chi connectivity index (χ4n) is 2.38. The molecule has 2 rings (SSSR count). The third kappa shape index (κ3) is 3.70. The lowest BCUT2D eigenvalue weighted by Crippen LogP contribution is -2.41. The second kappa shape index (κ2) is 5.59. The van der Waals surface area contributed by atoms with Crippen LogP contribution in [0.5, 0.6) is 0 Å². The Morgan fingerprint density at radius 2 is 2.22 bits per heavy atom. The van der Waals surface area contributed by atoms with Crippen LogP contribution in [0.4, 0.5) is 0 Å². The second-order valence-corrected chi connectivity index (χ2v) is 7.56. The quantitative estimate of drug-likeness (QED) is 0.929. The monoisotopic (exact) mass is 287 g/mol. The molecule has 0 amide bonds. The molecule has 0 spiro atoms. The van der Waals surface area contributed by atoms with Crippen LogP contribution < -0.4 is 5.32 Å². The van der Waals surface area contributed by atoms with Crippen molar-refractivity contribution < 1.29 is 8.42 Å². The first-order valence-corrected chi connectivity index (χ1v) is 8.38. The van der Waals surface area contributed by atoms with E-state index in [0.717, 1.165) is 18.4 Å². The Kier molecular flexibility index (Phi) is 4.30. The summed E-state index contributed by atoms with van der Waals surface area (Å²) in [5.41, 5.74) is 1.09. The van der Waals surface area contributed by atoms with Crippen LogP contribution >= 0.6 is 11.6 Å². The Bertz CT molecular complexity index is 515. The summed E-state index contributed by atoms with van der Waals surface area (Å²) in [6.07, 6.45) is 1.67. The Balaban J connectivity index is 2.01. The molecule has 5 heteroatoms. The van der Waals surface area contributed by atoms with Crippen molar-refractivity contribution in [2.45, 2.75) is 31.8 Å². The van der Waals surface area contributed by atoms with E-state index < -0.39 is 9.84 Å². The van der Waals surface area contributed by atoms with Crippen molar-refractivity contribution in [1.82, 2.24) is 5.32 Å². The molecule has 1 saturated heterocycles. The Morgan fingerprint density at radius 3 is 2.89 bits per heavy atom. The van der Waals surface area contributed by atoms with Gasteiger partial charge in [0.05, 0.1) is 11.5 Å². The van der Waals surface area contributed by atoms with E-state index in [2.05, 4.69) is 5.32 Å². The van der Waals surface area contributed by atoms with Crippen LogP contribution in [0, 0.1) is 0 Å². The molecule has 1 heterocycles. The number of halogens is 1. The maximum atomic E-state index is 11.6. The highest BCUT2D eigenvalue weighted by Crippen LogP contribution is 2.20. The van der Waals surface area contributed by atoms with Gasteiger partial charge in [0.15, 0.2) is 9.84 Å². The van der Waals surface area contributed by atoms with Crippen LogP contribution in [0.3, 0.4) is 0 Å². The minimum absolute atomic E-state index is 0.0535. The summed E-state index contributed by atoms with van der Waals surface area (Å²) in [7, 11) is -2.86. The molecule has 1 aliphatic rings. The third-order valence-electron chi connectivity index (χ3n) is 3.30. The molecule has 100 valence electrons. The maximum absolute atomic E-state index is 11.6. The van der Waals surface area contributed by atoms with E-state index in [1.165, 1.54) is 0 Å². The summed E-state index contributed by atoms with van der Waals surface area (Å²) in [4.78, 5) is 0. The van der Waals surface area contributed by atoms with Crippen molar-refractivity contribution in [3.8, 4) is 0 Å². The molecule has 0 aliphatic carbocycles. The van der Waals surface area contributed by atoms with E-state index in [9.17, 15) is 8.42 Å². The summed E-state index contributed by atoms with van der Waals surface area (Å²) in [6, 6.07) is 7.83. The summed E-state index contributed by atoms with van der Waals surface area (Å²) >= 11 is 5.95. The van der Waals surface area contributed by atoms with Crippen molar-refractivity contribution in [2.24, 2.45) is 0 Å². The average molecular weight is 288 g/mol. The first-order chi connectivity index (χ1) is 8.46. The maximum Gasteiger partial charge on any atom is 0.151 e. The Hall–Kier alpha value is -0.580. The summed E-state index contributed by atoms with van der Waals surface area (Å²) < 4.78 is 23.1. The summed E-state index contributed by atoms with van der Waals surface area (Å²) in [5, 5.41) is 4.09. The molecule has 1 aromatic rings. The minimum atomic E-state index is -2.86. The van der Waals surface area contributed by atoms with E-state index in [1.54, 1.807) is 0 Å². The van der Waals surface area contributed by atoms with Gasteiger partial charge < -0.3 is 5.32 Å². The largest absolute Gasteiger partial charge is 0.306 e. The molecule has 3 nitrogen and oxygen atoms in total. The van der Waals surface area contributed by atoms with Crippen molar-refractivity contribution in [3.05, 3.63) is 34.9 Å². The Morgan fingerprint density at radius 1 is 1.44 bits per heavy atom. The van der Waals surface area contributed by atoms with Crippen molar-refractivity contribution in [1.29, 1.82) is 0 Å². The summed E-state index contributed by atoms with van der Waals surface area (Å²) in [6.45, 7) is 2.03. The van der Waals surface area contributed by atoms with E-state index in [4.69, 9.17) is 11.6 Å². The molecular weight excluding hydrogens is 270 g/mol. The van der Waals surface area contributed by atoms with Gasteiger partial charge in [-0.15, -0.1) is 0 Å². The lowest BCUT2D eigenvalue weighted by atomic mass is 10.1. The number of sulfone groups is 1. The van der Waals surface area contributed by atoms with E-state index >= 15 is 0 Å². The number of hydrogen-bond donors (Lipinski definition) is 1. The molecule has 1 aliphatic heterocycles. The van der Waals surface area contributed by atoms with Crippen LogP contribution in [0.2, 0.25) is 5.02 Å². The van der Waals surface area contributed by atoms with Gasteiger partial charge in [-0.05, 0) is 37.5 Å². The smallest absolute Gasteiger partial charge is 0.151 e. The van der Waals surface area contributed by atoms with Crippen molar-refractivity contribution >= 4 is 21.4 Å². The van der Waals surface area contributed by atoms with Gasteiger partial charge in [-0.25, -0.2) is 8.42 Å². The predicted molar refractivity (Wildman–Crippen MR) is 74.7 cm³/mol. The van der Waals surface area contributed by atoms with Gasteiger partial charge in [-0.1, -0.05) is 23.7 Å². The van der Waals surface area contributed by atoms with Crippen molar-refractivity contribution in [3.63, 3.8) is 0 Å². The zero-order valence-electron chi connectivity index (χ0n) is 10.4. The van der Waals surface area contributed by atoms with Crippen LogP contribution in [0.1, 0.15) is 31.4 Å². The van der Waals surface area contributed by atoms with E-state index in [-0.39, 0.29) is 17.8 Å². The zero-order chi connectivity index (χ0) is 13.2. The average Bonchev–Trinajstić information content (AvgIpc) is 2.27. The Labute approximate surface area is 113 Å². The van der Waals surface area contributed by atoms with E-state index in [1.807, 2.05) is 31.2 Å². The van der Waals surface area contributed by atoms with Crippen LogP contribution in [-0.2, 0) is 9.84 Å². The molecule has 18 heavy (non-hydrogen) atoms. The molecule has 1 unspecified atom stereocenters. The molecule has 1 fully saturated rings. The molecule has 1 aromatic carbocycles. The van der Waals surface area contributed by atoms with E-state index in [0.29, 0.717) is 10.8 Å². The lowest BCUT2D eigenvalue weighted by molar-refractivity contribution is 0.437. The number of nitrogens with one attached hydrogen (secondary N) is 1. The highest BCUT2D eigenvalue weighted by Gasteiger charge is 2.25. The standard InChI is InChI=1S/C13H18ClNO2S/c1-10(11-4-2-5-12(14)8-11)15-13-6-3-7-18(16,17)9-13/h2,4-5,8,10,13,15H,3,6-7,9H2,1H3/t10-,13?/m0/s1. The normalized spacial score (nSPS) is 24.7. The lowest BCUT2D eigenvalue weighted by Gasteiger charge is -2.26. The van der Waals surface area contributed by atoms with Crippen LogP contribution in [-0.4, -0.2) is 26.0 Å². The number of benzene rings is 1. The van der Waals surface area contributed by atoms with Gasteiger partial charge >= 0.3 is 0 Å². The number of rotatable bonds is 3. The number of hydrogen-bond acceptors (Lipinski definition) is 3. The molecule has 0 bridgehead atoms. The fraction of sp³-hybridized carbons (Fsp3) is 0.538. The van der Waals surface area contributed by atoms with Gasteiger partial charge in [0.2, 0.25) is 0 Å². The van der Waals surface area contributed by atoms with Gasteiger partial charge in [-0.3, -0.25) is 0 Å². The van der Waals surface area contributed by atoms with Crippen LogP contribution in [0.25, 0.3) is 0 Å². The summed E-state index contributed by atoms with van der Waals surface area (Å²) in [5.74, 6) is 0.578. The fourth-order valence-corrected chi connectivity index (χ4v) is 4.23. The highest BCUT2D eigenvalue weighted by atomic mass is 35.5. The topological polar surface area (TPSA) is 46.2 Å². The highest BCUT2D eigenvalue weighted by molar-refractivity contribution is 7.91. The van der Waals surface area contributed by atoms with Gasteiger partial charge in [0, 0.05) is 17.1 Å². The molecule has 0 radical (unpaired) electrons. The predicted octanol–water partition coefficient (Wildman–Crippen LogP) is 2.57. The SMILES string of the molecule is C[C@H](NC1CCCS(=O)(=O)C1)c1cccc(Cl)c1. The first kappa shape index (κ1) is 13.8. The van der Waals surface area contributed by atoms with Crippen molar-refractivity contribution in [2.75, 3.05) is 11.5 Å². The molecule has 0 aromatic heterocycles. The molecule has 1 N–H and O–H groups in total. The first-order valence-electron chi connectivity index (χ1n) is 6.18. The molecule has 0 saturated carbocycles.